The van der Waals surface area contributed by atoms with Crippen LogP contribution in [-0.4, -0.2) is 65.0 Å². The molecule has 0 bridgehead atoms. The van der Waals surface area contributed by atoms with Gasteiger partial charge in [-0.05, 0) is 51.0 Å². The van der Waals surface area contributed by atoms with Gasteiger partial charge in [-0.3, -0.25) is 0 Å². The van der Waals surface area contributed by atoms with Crippen LogP contribution in [0.5, 0.6) is 10.9 Å². The van der Waals surface area contributed by atoms with Crippen LogP contribution in [0, 0.1) is 0 Å². The second-order valence-corrected chi connectivity index (χ2v) is 12.9. The van der Waals surface area contributed by atoms with E-state index in [4.69, 9.17) is 51.4 Å². The number of thiazole rings is 1. The molecule has 226 valence electrons. The first kappa shape index (κ1) is 28.8. The average molecular weight is 648 g/mol. The molecule has 3 fully saturated rings. The Kier molecular flexibility index (Phi) is 7.73. The largest absolute Gasteiger partial charge is 0.489 e. The van der Waals surface area contributed by atoms with Crippen LogP contribution < -0.4 is 9.47 Å². The number of fused-ring (bicyclic) bond motifs is 2. The molecule has 0 amide bonds. The molecule has 4 heterocycles. The molecule has 4 aromatic rings. The molecule has 1 N–H and O–H groups in total. The van der Waals surface area contributed by atoms with Gasteiger partial charge in [0.05, 0.1) is 46.2 Å². The van der Waals surface area contributed by atoms with E-state index in [-0.39, 0.29) is 36.6 Å². The van der Waals surface area contributed by atoms with Gasteiger partial charge in [0.1, 0.15) is 41.0 Å². The first-order valence-corrected chi connectivity index (χ1v) is 15.6. The Morgan fingerprint density at radius 1 is 1.12 bits per heavy atom. The normalized spacial score (nSPS) is 23.3. The van der Waals surface area contributed by atoms with Crippen LogP contribution in [0.4, 0.5) is 0 Å². The molecule has 2 aliphatic heterocycles. The Bertz CT molecular complexity index is 1670. The van der Waals surface area contributed by atoms with E-state index in [1.165, 1.54) is 17.4 Å². The van der Waals surface area contributed by atoms with Crippen molar-refractivity contribution in [1.29, 1.82) is 0 Å². The molecular weight excluding hydrogens is 619 g/mol. The van der Waals surface area contributed by atoms with Gasteiger partial charge in [0.25, 0.3) is 5.19 Å². The molecule has 0 unspecified atom stereocenters. The first-order chi connectivity index (χ1) is 20.8. The number of benzene rings is 2. The molecule has 2 aromatic carbocycles. The maximum Gasteiger partial charge on any atom is 0.335 e. The number of carbonyl (C=O) groups is 1. The molecule has 0 spiro atoms. The minimum Gasteiger partial charge on any atom is -0.489 e. The fourth-order valence-electron chi connectivity index (χ4n) is 5.54. The molecule has 2 aromatic heterocycles. The predicted molar refractivity (Wildman–Crippen MR) is 159 cm³/mol. The van der Waals surface area contributed by atoms with Gasteiger partial charge >= 0.3 is 5.97 Å². The zero-order valence-electron chi connectivity index (χ0n) is 23.2. The molecule has 43 heavy (non-hydrogen) atoms. The monoisotopic (exact) mass is 646 g/mol. The fourth-order valence-corrected chi connectivity index (χ4v) is 7.04. The number of hydrogen-bond donors (Lipinski definition) is 1. The van der Waals surface area contributed by atoms with Crippen LogP contribution in [0.1, 0.15) is 54.3 Å². The molecule has 10 nitrogen and oxygen atoms in total. The summed E-state index contributed by atoms with van der Waals surface area (Å²) >= 11 is 14.3. The number of hydrogen-bond acceptors (Lipinski definition) is 10. The number of carboxylic acid groups (broad SMARTS) is 1. The minimum absolute atomic E-state index is 0.124. The van der Waals surface area contributed by atoms with Crippen LogP contribution in [0.15, 0.2) is 34.9 Å². The topological polar surface area (TPSA) is 122 Å². The van der Waals surface area contributed by atoms with Crippen molar-refractivity contribution in [2.24, 2.45) is 0 Å². The van der Waals surface area contributed by atoms with E-state index >= 15 is 0 Å². The fraction of sp³-hybridized carbons (Fsp3) is 0.433. The highest BCUT2D eigenvalue weighted by atomic mass is 35.5. The van der Waals surface area contributed by atoms with Gasteiger partial charge in [-0.1, -0.05) is 45.8 Å². The Balaban J connectivity index is 1.06. The van der Waals surface area contributed by atoms with Crippen molar-refractivity contribution in [3.05, 3.63) is 57.3 Å². The zero-order chi connectivity index (χ0) is 29.8. The third-order valence-corrected chi connectivity index (χ3v) is 9.20. The van der Waals surface area contributed by atoms with Crippen LogP contribution in [0.3, 0.4) is 0 Å². The molecule has 4 atom stereocenters. The van der Waals surface area contributed by atoms with Gasteiger partial charge in [0.15, 0.2) is 6.10 Å². The van der Waals surface area contributed by atoms with Crippen molar-refractivity contribution in [2.45, 2.75) is 69.7 Å². The van der Waals surface area contributed by atoms with Crippen molar-refractivity contribution >= 4 is 50.7 Å². The minimum atomic E-state index is -1.04. The van der Waals surface area contributed by atoms with E-state index in [9.17, 15) is 9.90 Å². The van der Waals surface area contributed by atoms with E-state index < -0.39 is 12.1 Å². The number of halogens is 2. The van der Waals surface area contributed by atoms with Crippen LogP contribution in [0.2, 0.25) is 10.0 Å². The van der Waals surface area contributed by atoms with Gasteiger partial charge in [-0.25, -0.2) is 4.79 Å². The second-order valence-electron chi connectivity index (χ2n) is 11.1. The third kappa shape index (κ3) is 5.58. The van der Waals surface area contributed by atoms with Crippen LogP contribution in [-0.2, 0) is 20.8 Å². The highest BCUT2D eigenvalue weighted by Gasteiger charge is 2.50. The lowest BCUT2D eigenvalue weighted by Crippen LogP contribution is -2.35. The summed E-state index contributed by atoms with van der Waals surface area (Å²) in [5, 5.41) is 15.3. The summed E-state index contributed by atoms with van der Waals surface area (Å²) in [5.41, 5.74) is 2.72. The van der Waals surface area contributed by atoms with E-state index in [1.54, 1.807) is 24.3 Å². The molecule has 13 heteroatoms. The maximum absolute atomic E-state index is 11.7. The smallest absolute Gasteiger partial charge is 0.335 e. The average Bonchev–Trinajstić information content (AvgIpc) is 3.26. The van der Waals surface area contributed by atoms with Gasteiger partial charge in [0.2, 0.25) is 0 Å². The quantitative estimate of drug-likeness (QED) is 0.198. The van der Waals surface area contributed by atoms with E-state index in [1.807, 2.05) is 13.8 Å². The van der Waals surface area contributed by atoms with Crippen molar-refractivity contribution in [2.75, 3.05) is 13.2 Å². The van der Waals surface area contributed by atoms with Gasteiger partial charge in [-0.15, -0.1) is 0 Å². The summed E-state index contributed by atoms with van der Waals surface area (Å²) in [7, 11) is 0. The van der Waals surface area contributed by atoms with E-state index in [2.05, 4.69) is 10.1 Å². The number of rotatable bonds is 10. The Hall–Kier alpha value is -2.93. The van der Waals surface area contributed by atoms with Crippen LogP contribution in [0.25, 0.3) is 21.5 Å². The highest BCUT2D eigenvalue weighted by molar-refractivity contribution is 7.20. The summed E-state index contributed by atoms with van der Waals surface area (Å²) in [6.07, 6.45) is 0.465. The SMILES string of the molecule is CC(C)Oc1cc(C(=O)O)cc2sc(O[C@@H]3CO[C@H]4[C@H]3OC[C@H]4OCc3c(-c4c(Cl)cccc4Cl)noc3C3CC3)nc12. The molecule has 1 saturated carbocycles. The second kappa shape index (κ2) is 11.5. The zero-order valence-corrected chi connectivity index (χ0v) is 25.6. The van der Waals surface area contributed by atoms with Gasteiger partial charge in [0, 0.05) is 17.0 Å². The lowest BCUT2D eigenvalue weighted by atomic mass is 10.0. The molecular formula is C30H28Cl2N2O8S. The molecule has 1 aliphatic carbocycles. The number of ether oxygens (including phenoxy) is 5. The number of aromatic carboxylic acids is 1. The molecule has 7 rings (SSSR count). The summed E-state index contributed by atoms with van der Waals surface area (Å²) in [4.78, 5) is 16.3. The number of aromatic nitrogens is 2. The van der Waals surface area contributed by atoms with Crippen molar-refractivity contribution in [1.82, 2.24) is 10.1 Å². The summed E-state index contributed by atoms with van der Waals surface area (Å²) in [6, 6.07) is 8.40. The lowest BCUT2D eigenvalue weighted by molar-refractivity contribution is -0.0428. The van der Waals surface area contributed by atoms with Gasteiger partial charge < -0.3 is 33.3 Å². The lowest BCUT2D eigenvalue weighted by Gasteiger charge is -2.17. The summed E-state index contributed by atoms with van der Waals surface area (Å²) in [6.45, 7) is 4.60. The summed E-state index contributed by atoms with van der Waals surface area (Å²) < 4.78 is 37.1. The standard InChI is InChI=1S/C30H28Cl2N2O8S/c1-13(2)40-19-8-15(29(35)36)9-22-25(19)33-30(43-22)41-21-12-39-27-20(11-38-28(21)27)37-10-16-24(34-42-26(16)14-6-7-14)23-17(31)4-3-5-18(23)32/h3-5,8-9,13-14,20-21,27-28H,6-7,10-12H2,1-2H3,(H,35,36)/t20-,21-,27-,28+/m1/s1. The Morgan fingerprint density at radius 3 is 2.53 bits per heavy atom. The Labute approximate surface area is 260 Å². The van der Waals surface area contributed by atoms with Crippen molar-refractivity contribution in [3.8, 4) is 22.2 Å². The number of nitrogens with zero attached hydrogens (tertiary/aromatic N) is 2. The van der Waals surface area contributed by atoms with Crippen LogP contribution >= 0.6 is 34.5 Å². The van der Waals surface area contributed by atoms with Gasteiger partial charge in [-0.2, -0.15) is 4.98 Å². The third-order valence-electron chi connectivity index (χ3n) is 7.67. The highest BCUT2D eigenvalue weighted by Crippen LogP contribution is 2.46. The van der Waals surface area contributed by atoms with Crippen molar-refractivity contribution in [3.63, 3.8) is 0 Å². The Morgan fingerprint density at radius 2 is 1.84 bits per heavy atom. The molecule has 2 saturated heterocycles. The molecule has 3 aliphatic rings. The maximum atomic E-state index is 11.7. The summed E-state index contributed by atoms with van der Waals surface area (Å²) in [5.74, 6) is 0.471. The molecule has 0 radical (unpaired) electrons. The van der Waals surface area contributed by atoms with Crippen molar-refractivity contribution < 1.29 is 38.1 Å². The van der Waals surface area contributed by atoms with E-state index in [0.29, 0.717) is 61.6 Å². The first-order valence-electron chi connectivity index (χ1n) is 14.1. The predicted octanol–water partition coefficient (Wildman–Crippen LogP) is 6.75. The number of carboxylic acids is 1. The van der Waals surface area contributed by atoms with E-state index in [0.717, 1.165) is 24.2 Å².